The molecule has 2 atom stereocenters. The van der Waals surface area contributed by atoms with E-state index in [0.29, 0.717) is 23.1 Å². The number of amides is 1. The van der Waals surface area contributed by atoms with E-state index in [-0.39, 0.29) is 24.4 Å². The van der Waals surface area contributed by atoms with Gasteiger partial charge < -0.3 is 24.8 Å². The quantitative estimate of drug-likeness (QED) is 0.297. The predicted molar refractivity (Wildman–Crippen MR) is 156 cm³/mol. The van der Waals surface area contributed by atoms with Gasteiger partial charge in [-0.15, -0.1) is 0 Å². The fraction of sp³-hybridized carbons (Fsp3) is 0.267. The lowest BCUT2D eigenvalue weighted by Gasteiger charge is -2.28. The van der Waals surface area contributed by atoms with Crippen LogP contribution < -0.4 is 15.4 Å². The lowest BCUT2D eigenvalue weighted by atomic mass is 9.96. The third-order valence-corrected chi connectivity index (χ3v) is 7.42. The molecule has 1 aromatic carbocycles. The first-order chi connectivity index (χ1) is 18.9. The van der Waals surface area contributed by atoms with Gasteiger partial charge in [0, 0.05) is 36.7 Å². The second-order valence-corrected chi connectivity index (χ2v) is 10.1. The van der Waals surface area contributed by atoms with Crippen molar-refractivity contribution in [2.24, 2.45) is 0 Å². The van der Waals surface area contributed by atoms with Crippen LogP contribution in [-0.2, 0) is 4.79 Å². The van der Waals surface area contributed by atoms with Gasteiger partial charge in [0.15, 0.2) is 5.11 Å². The van der Waals surface area contributed by atoms with Gasteiger partial charge in [0.05, 0.1) is 30.6 Å². The van der Waals surface area contributed by atoms with Gasteiger partial charge >= 0.3 is 0 Å². The van der Waals surface area contributed by atoms with Crippen LogP contribution in [0.4, 0.5) is 5.69 Å². The first kappa shape index (κ1) is 26.4. The predicted octanol–water partition coefficient (Wildman–Crippen LogP) is 5.20. The molecule has 0 unspecified atom stereocenters. The van der Waals surface area contributed by atoms with Crippen LogP contribution in [0.3, 0.4) is 0 Å². The van der Waals surface area contributed by atoms with Crippen molar-refractivity contribution in [3.63, 3.8) is 0 Å². The largest absolute Gasteiger partial charge is 0.495 e. The van der Waals surface area contributed by atoms with E-state index in [1.165, 1.54) is 0 Å². The molecule has 0 aliphatic carbocycles. The SMILES string of the molecule is COc1ccccc1NC(=O)CCN1C(=S)N[C@H](c2ccccn2)[C@H]1c1cc(C)n(-c2ccc(C)cn2)c1C. The maximum atomic E-state index is 13.0. The van der Waals surface area contributed by atoms with Crippen molar-refractivity contribution in [3.05, 3.63) is 101 Å². The third-order valence-electron chi connectivity index (χ3n) is 7.07. The maximum Gasteiger partial charge on any atom is 0.226 e. The molecule has 1 amide bonds. The summed E-state index contributed by atoms with van der Waals surface area (Å²) in [6.07, 6.45) is 3.92. The maximum absolute atomic E-state index is 13.0. The van der Waals surface area contributed by atoms with E-state index >= 15 is 0 Å². The van der Waals surface area contributed by atoms with E-state index in [2.05, 4.69) is 56.0 Å². The van der Waals surface area contributed by atoms with Gasteiger partial charge in [-0.25, -0.2) is 4.98 Å². The minimum Gasteiger partial charge on any atom is -0.495 e. The van der Waals surface area contributed by atoms with Crippen LogP contribution in [0.5, 0.6) is 5.75 Å². The topological polar surface area (TPSA) is 84.3 Å². The molecule has 1 aliphatic rings. The molecule has 200 valence electrons. The van der Waals surface area contributed by atoms with E-state index in [1.54, 1.807) is 13.3 Å². The first-order valence-electron chi connectivity index (χ1n) is 12.9. The molecule has 8 nitrogen and oxygen atoms in total. The van der Waals surface area contributed by atoms with Crippen LogP contribution in [0.1, 0.15) is 46.7 Å². The number of anilines is 1. The average molecular weight is 541 g/mol. The summed E-state index contributed by atoms with van der Waals surface area (Å²) in [6, 6.07) is 19.2. The molecule has 2 N–H and O–H groups in total. The number of ether oxygens (including phenoxy) is 1. The number of aryl methyl sites for hydroxylation is 2. The number of rotatable bonds is 8. The highest BCUT2D eigenvalue weighted by molar-refractivity contribution is 7.80. The Kier molecular flexibility index (Phi) is 7.60. The number of benzene rings is 1. The highest BCUT2D eigenvalue weighted by atomic mass is 32.1. The summed E-state index contributed by atoms with van der Waals surface area (Å²) in [5.74, 6) is 1.37. The van der Waals surface area contributed by atoms with Crippen molar-refractivity contribution in [2.45, 2.75) is 39.3 Å². The Hall–Kier alpha value is -4.24. The molecule has 3 aromatic heterocycles. The van der Waals surface area contributed by atoms with E-state index in [9.17, 15) is 4.79 Å². The number of hydrogen-bond donors (Lipinski definition) is 2. The second kappa shape index (κ2) is 11.2. The third kappa shape index (κ3) is 5.35. The van der Waals surface area contributed by atoms with Crippen molar-refractivity contribution < 1.29 is 9.53 Å². The fourth-order valence-electron chi connectivity index (χ4n) is 5.20. The number of methoxy groups -OCH3 is 1. The number of nitrogens with zero attached hydrogens (tertiary/aromatic N) is 4. The lowest BCUT2D eigenvalue weighted by molar-refractivity contribution is -0.116. The molecular formula is C30H32N6O2S. The van der Waals surface area contributed by atoms with Crippen molar-refractivity contribution in [1.82, 2.24) is 24.8 Å². The van der Waals surface area contributed by atoms with Gasteiger partial charge in [-0.3, -0.25) is 9.78 Å². The van der Waals surface area contributed by atoms with E-state index in [4.69, 9.17) is 17.0 Å². The monoisotopic (exact) mass is 540 g/mol. The van der Waals surface area contributed by atoms with E-state index in [0.717, 1.165) is 34.0 Å². The summed E-state index contributed by atoms with van der Waals surface area (Å²) < 4.78 is 7.54. The molecule has 1 saturated heterocycles. The Morgan fingerprint density at radius 3 is 2.59 bits per heavy atom. The second-order valence-electron chi connectivity index (χ2n) is 9.67. The zero-order chi connectivity index (χ0) is 27.5. The number of nitrogens with one attached hydrogen (secondary N) is 2. The van der Waals surface area contributed by atoms with Gasteiger partial charge in [0.1, 0.15) is 11.6 Å². The summed E-state index contributed by atoms with van der Waals surface area (Å²) in [4.78, 5) is 24.4. The highest BCUT2D eigenvalue weighted by Crippen LogP contribution is 2.41. The molecule has 0 radical (unpaired) electrons. The molecule has 1 fully saturated rings. The molecular weight excluding hydrogens is 508 g/mol. The van der Waals surface area contributed by atoms with Gasteiger partial charge in [0.2, 0.25) is 5.91 Å². The Labute approximate surface area is 234 Å². The number of thiocarbonyl (C=S) groups is 1. The molecule has 4 aromatic rings. The number of para-hydroxylation sites is 2. The summed E-state index contributed by atoms with van der Waals surface area (Å²) in [7, 11) is 1.59. The molecule has 0 spiro atoms. The minimum absolute atomic E-state index is 0.114. The smallest absolute Gasteiger partial charge is 0.226 e. The number of pyridine rings is 2. The summed E-state index contributed by atoms with van der Waals surface area (Å²) in [6.45, 7) is 6.65. The fourth-order valence-corrected chi connectivity index (χ4v) is 5.53. The van der Waals surface area contributed by atoms with Crippen LogP contribution in [0.15, 0.2) is 73.1 Å². The van der Waals surface area contributed by atoms with Crippen LogP contribution in [0.2, 0.25) is 0 Å². The van der Waals surface area contributed by atoms with E-state index < -0.39 is 0 Å². The van der Waals surface area contributed by atoms with Crippen molar-refractivity contribution in [3.8, 4) is 11.6 Å². The minimum atomic E-state index is -0.170. The van der Waals surface area contributed by atoms with Gasteiger partial charge in [-0.2, -0.15) is 0 Å². The van der Waals surface area contributed by atoms with Gasteiger partial charge in [-0.1, -0.05) is 24.3 Å². The average Bonchev–Trinajstić information content (AvgIpc) is 3.43. The first-order valence-corrected chi connectivity index (χ1v) is 13.3. The highest BCUT2D eigenvalue weighted by Gasteiger charge is 2.41. The van der Waals surface area contributed by atoms with Crippen molar-refractivity contribution in [1.29, 1.82) is 0 Å². The zero-order valence-corrected chi connectivity index (χ0v) is 23.3. The van der Waals surface area contributed by atoms with Crippen molar-refractivity contribution in [2.75, 3.05) is 19.0 Å². The molecule has 5 rings (SSSR count). The summed E-state index contributed by atoms with van der Waals surface area (Å²) in [5, 5.41) is 7.05. The van der Waals surface area contributed by atoms with Crippen LogP contribution in [0, 0.1) is 20.8 Å². The van der Waals surface area contributed by atoms with Gasteiger partial charge in [-0.05, 0) is 80.5 Å². The summed E-state index contributed by atoms with van der Waals surface area (Å²) in [5.41, 5.74) is 5.91. The Balaban J connectivity index is 1.46. The normalized spacial score (nSPS) is 16.7. The number of hydrogen-bond acceptors (Lipinski definition) is 5. The Morgan fingerprint density at radius 1 is 1.08 bits per heavy atom. The molecule has 9 heteroatoms. The number of aromatic nitrogens is 3. The number of carbonyl (C=O) groups excluding carboxylic acids is 1. The van der Waals surface area contributed by atoms with Gasteiger partial charge in [0.25, 0.3) is 0 Å². The number of carbonyl (C=O) groups is 1. The molecule has 1 aliphatic heterocycles. The molecule has 39 heavy (non-hydrogen) atoms. The van der Waals surface area contributed by atoms with E-state index in [1.807, 2.05) is 61.7 Å². The van der Waals surface area contributed by atoms with Crippen LogP contribution in [-0.4, -0.2) is 44.1 Å². The standard InChI is InChI=1S/C30H32N6O2S/c1-19-12-13-26(32-18-19)36-20(2)17-22(21(36)3)29-28(24-10-7-8-15-31-24)34-30(39)35(29)16-14-27(37)33-23-9-5-6-11-25(23)38-4/h5-13,15,17-18,28-29H,14,16H2,1-4H3,(H,33,37)(H,34,39)/t28-,29-/m1/s1. The van der Waals surface area contributed by atoms with Crippen molar-refractivity contribution >= 4 is 28.9 Å². The Bertz CT molecular complexity index is 1490. The lowest BCUT2D eigenvalue weighted by Crippen LogP contribution is -2.33. The summed E-state index contributed by atoms with van der Waals surface area (Å²) >= 11 is 5.82. The molecule has 0 saturated carbocycles. The Morgan fingerprint density at radius 2 is 1.87 bits per heavy atom. The van der Waals surface area contributed by atoms with Crippen LogP contribution >= 0.6 is 12.2 Å². The molecule has 4 heterocycles. The zero-order valence-electron chi connectivity index (χ0n) is 22.5. The molecule has 0 bridgehead atoms. The van der Waals surface area contributed by atoms with Crippen LogP contribution in [0.25, 0.3) is 5.82 Å².